The molecule has 0 heterocycles. The van der Waals surface area contributed by atoms with E-state index >= 15 is 0 Å². The lowest BCUT2D eigenvalue weighted by Gasteiger charge is -2.60. The van der Waals surface area contributed by atoms with Gasteiger partial charge in [0.15, 0.2) is 0 Å². The van der Waals surface area contributed by atoms with E-state index in [1.165, 1.54) is 0 Å². The summed E-state index contributed by atoms with van der Waals surface area (Å²) in [5, 5.41) is 32.6. The van der Waals surface area contributed by atoms with Crippen molar-refractivity contribution >= 4 is 5.97 Å². The Bertz CT molecular complexity index is 630. The molecule has 3 fully saturated rings. The van der Waals surface area contributed by atoms with Gasteiger partial charge in [-0.15, -0.1) is 0 Å². The molecule has 0 aliphatic heterocycles. The molecular weight excluding hydrogens is 340 g/mol. The molecule has 0 saturated heterocycles. The molecule has 3 saturated carbocycles. The first-order chi connectivity index (χ1) is 12.7. The van der Waals surface area contributed by atoms with E-state index in [9.17, 15) is 20.1 Å². The summed E-state index contributed by atoms with van der Waals surface area (Å²) in [7, 11) is 0. The Morgan fingerprint density at radius 3 is 2.59 bits per heavy atom. The van der Waals surface area contributed by atoms with Gasteiger partial charge in [-0.1, -0.05) is 32.9 Å². The number of carbonyl (C=O) groups is 1. The van der Waals surface area contributed by atoms with Gasteiger partial charge in [0.05, 0.1) is 12.2 Å². The quantitative estimate of drug-likeness (QED) is 0.743. The molecule has 152 valence electrons. The molecule has 4 rings (SSSR count). The fourth-order valence-electron chi connectivity index (χ4n) is 7.93. The molecule has 0 radical (unpaired) electrons. The molecule has 0 aromatic carbocycles. The maximum absolute atomic E-state index is 11.4. The third-order valence-corrected chi connectivity index (χ3v) is 9.49. The molecule has 4 aliphatic carbocycles. The van der Waals surface area contributed by atoms with Crippen LogP contribution in [0.2, 0.25) is 0 Å². The molecular formula is C23H35O4-. The van der Waals surface area contributed by atoms with Crippen LogP contribution in [0.3, 0.4) is 0 Å². The average molecular weight is 376 g/mol. The van der Waals surface area contributed by atoms with Crippen LogP contribution in [0.4, 0.5) is 0 Å². The van der Waals surface area contributed by atoms with E-state index in [1.807, 2.05) is 6.92 Å². The Balaban J connectivity index is 1.64. The van der Waals surface area contributed by atoms with Gasteiger partial charge >= 0.3 is 0 Å². The molecule has 2 N–H and O–H groups in total. The van der Waals surface area contributed by atoms with Crippen LogP contribution < -0.4 is 5.11 Å². The fourth-order valence-corrected chi connectivity index (χ4v) is 7.93. The molecule has 0 amide bonds. The van der Waals surface area contributed by atoms with Crippen LogP contribution in [0, 0.1) is 46.3 Å². The topological polar surface area (TPSA) is 80.6 Å². The van der Waals surface area contributed by atoms with Crippen LogP contribution in [-0.4, -0.2) is 28.4 Å². The van der Waals surface area contributed by atoms with Crippen molar-refractivity contribution in [2.45, 2.75) is 77.9 Å². The summed E-state index contributed by atoms with van der Waals surface area (Å²) < 4.78 is 0. The molecule has 4 nitrogen and oxygen atoms in total. The van der Waals surface area contributed by atoms with Crippen molar-refractivity contribution in [1.29, 1.82) is 0 Å². The standard InChI is InChI=1S/C23H36O4/c1-13(10-21(26)27)17-6-7-18-16-5-4-14-11-15(24)8-9-22(14,2)19(16)12-20(25)23(17,18)3/h4-5,13-20,24-25H,6-12H2,1-3H3,(H,26,27)/p-1/t13-,14+,15+,16-,17-,18+,19-,20-,22+,23-/m1/s1. The zero-order chi connectivity index (χ0) is 19.6. The van der Waals surface area contributed by atoms with Crippen molar-refractivity contribution in [3.05, 3.63) is 12.2 Å². The highest BCUT2D eigenvalue weighted by Gasteiger charge is 2.62. The summed E-state index contributed by atoms with van der Waals surface area (Å²) in [6, 6.07) is 0. The number of fused-ring (bicyclic) bond motifs is 5. The molecule has 4 heteroatoms. The minimum Gasteiger partial charge on any atom is -0.550 e. The number of carboxylic acid groups (broad SMARTS) is 1. The van der Waals surface area contributed by atoms with Crippen LogP contribution in [-0.2, 0) is 4.79 Å². The Morgan fingerprint density at radius 2 is 1.89 bits per heavy atom. The number of rotatable bonds is 3. The summed E-state index contributed by atoms with van der Waals surface area (Å²) in [5.41, 5.74) is -0.0482. The monoisotopic (exact) mass is 375 g/mol. The lowest BCUT2D eigenvalue weighted by atomic mass is 9.45. The second kappa shape index (κ2) is 6.59. The van der Waals surface area contributed by atoms with E-state index in [1.54, 1.807) is 0 Å². The molecule has 10 atom stereocenters. The van der Waals surface area contributed by atoms with Crippen LogP contribution >= 0.6 is 0 Å². The Kier molecular flexibility index (Phi) is 4.74. The van der Waals surface area contributed by atoms with Crippen molar-refractivity contribution in [2.75, 3.05) is 0 Å². The number of carbonyl (C=O) groups excluding carboxylic acids is 1. The van der Waals surface area contributed by atoms with Gasteiger partial charge in [-0.2, -0.15) is 0 Å². The van der Waals surface area contributed by atoms with E-state index in [4.69, 9.17) is 0 Å². The zero-order valence-corrected chi connectivity index (χ0v) is 16.9. The Morgan fingerprint density at radius 1 is 1.15 bits per heavy atom. The van der Waals surface area contributed by atoms with Gasteiger partial charge in [0, 0.05) is 5.97 Å². The lowest BCUT2D eigenvalue weighted by molar-refractivity contribution is -0.307. The maximum Gasteiger partial charge on any atom is 0.0602 e. The molecule has 0 spiro atoms. The lowest BCUT2D eigenvalue weighted by Crippen LogP contribution is -2.57. The first kappa shape index (κ1) is 19.4. The second-order valence-corrected chi connectivity index (χ2v) is 10.6. The molecule has 0 bridgehead atoms. The van der Waals surface area contributed by atoms with Crippen LogP contribution in [0.5, 0.6) is 0 Å². The zero-order valence-electron chi connectivity index (χ0n) is 16.9. The average Bonchev–Trinajstić information content (AvgIpc) is 2.95. The van der Waals surface area contributed by atoms with Crippen molar-refractivity contribution in [1.82, 2.24) is 0 Å². The number of hydrogen-bond donors (Lipinski definition) is 2. The minimum atomic E-state index is -0.980. The van der Waals surface area contributed by atoms with E-state index in [-0.39, 0.29) is 41.3 Å². The third-order valence-electron chi connectivity index (χ3n) is 9.49. The summed E-state index contributed by atoms with van der Waals surface area (Å²) in [6.07, 6.45) is 9.90. The summed E-state index contributed by atoms with van der Waals surface area (Å²) in [4.78, 5) is 11.2. The first-order valence-corrected chi connectivity index (χ1v) is 10.9. The van der Waals surface area contributed by atoms with Crippen LogP contribution in [0.15, 0.2) is 12.2 Å². The van der Waals surface area contributed by atoms with Gasteiger partial charge in [-0.05, 0) is 91.3 Å². The third kappa shape index (κ3) is 2.81. The van der Waals surface area contributed by atoms with Crippen molar-refractivity contribution in [2.24, 2.45) is 46.3 Å². The number of aliphatic hydroxyl groups excluding tert-OH is 2. The SMILES string of the molecule is C[C@H](CC(=O)[O-])[C@H]1CC[C@H]2[C@H]3C=C[C@H]4C[C@@H](O)CC[C@]4(C)[C@@H]3C[C@@H](O)[C@]12C. The van der Waals surface area contributed by atoms with Crippen molar-refractivity contribution in [3.8, 4) is 0 Å². The molecule has 0 unspecified atom stereocenters. The van der Waals surface area contributed by atoms with Gasteiger partial charge in [-0.3, -0.25) is 0 Å². The van der Waals surface area contributed by atoms with Gasteiger partial charge < -0.3 is 20.1 Å². The van der Waals surface area contributed by atoms with E-state index in [0.29, 0.717) is 23.7 Å². The summed E-state index contributed by atoms with van der Waals surface area (Å²) in [5.74, 6) is 1.06. The Hall–Kier alpha value is -0.870. The number of hydrogen-bond acceptors (Lipinski definition) is 4. The van der Waals surface area contributed by atoms with Gasteiger partial charge in [-0.25, -0.2) is 0 Å². The van der Waals surface area contributed by atoms with Gasteiger partial charge in [0.25, 0.3) is 0 Å². The van der Waals surface area contributed by atoms with Crippen molar-refractivity contribution in [3.63, 3.8) is 0 Å². The molecule has 0 aromatic heterocycles. The van der Waals surface area contributed by atoms with E-state index in [0.717, 1.165) is 38.5 Å². The highest BCUT2D eigenvalue weighted by molar-refractivity contribution is 5.64. The second-order valence-electron chi connectivity index (χ2n) is 10.6. The fraction of sp³-hybridized carbons (Fsp3) is 0.870. The number of allylic oxidation sites excluding steroid dienone is 2. The predicted octanol–water partition coefficient (Wildman–Crippen LogP) is 2.53. The Labute approximate surface area is 163 Å². The predicted molar refractivity (Wildman–Crippen MR) is 101 cm³/mol. The highest BCUT2D eigenvalue weighted by Crippen LogP contribution is 2.66. The first-order valence-electron chi connectivity index (χ1n) is 10.9. The minimum absolute atomic E-state index is 0.0388. The highest BCUT2D eigenvalue weighted by atomic mass is 16.4. The summed E-state index contributed by atoms with van der Waals surface area (Å²) >= 11 is 0. The van der Waals surface area contributed by atoms with E-state index < -0.39 is 5.97 Å². The molecule has 4 aliphatic rings. The van der Waals surface area contributed by atoms with Gasteiger partial charge in [0.2, 0.25) is 0 Å². The van der Waals surface area contributed by atoms with Crippen molar-refractivity contribution < 1.29 is 20.1 Å². The van der Waals surface area contributed by atoms with E-state index in [2.05, 4.69) is 26.0 Å². The normalized spacial score (nSPS) is 52.6. The smallest absolute Gasteiger partial charge is 0.0602 e. The number of carboxylic acids is 1. The largest absolute Gasteiger partial charge is 0.550 e. The number of aliphatic hydroxyl groups is 2. The van der Waals surface area contributed by atoms with Crippen LogP contribution in [0.25, 0.3) is 0 Å². The van der Waals surface area contributed by atoms with Crippen LogP contribution in [0.1, 0.15) is 65.7 Å². The molecule has 0 aromatic rings. The molecule has 27 heavy (non-hydrogen) atoms. The van der Waals surface area contributed by atoms with Gasteiger partial charge in [0.1, 0.15) is 0 Å². The summed E-state index contributed by atoms with van der Waals surface area (Å²) in [6.45, 7) is 6.61. The number of aliphatic carboxylic acids is 1. The maximum atomic E-state index is 11.4.